The molecule has 0 bridgehead atoms. The summed E-state index contributed by atoms with van der Waals surface area (Å²) in [6.45, 7) is 7.86. The summed E-state index contributed by atoms with van der Waals surface area (Å²) in [6, 6.07) is 0.492. The summed E-state index contributed by atoms with van der Waals surface area (Å²) >= 11 is 1.68. The summed E-state index contributed by atoms with van der Waals surface area (Å²) in [7, 11) is 0. The van der Waals surface area contributed by atoms with E-state index >= 15 is 0 Å². The molecular weight excluding hydrogens is 232 g/mol. The third-order valence-corrected chi connectivity index (χ3v) is 3.48. The highest BCUT2D eigenvalue weighted by molar-refractivity contribution is 7.08. The molecule has 96 valence electrons. The van der Waals surface area contributed by atoms with Gasteiger partial charge in [0.05, 0.1) is 0 Å². The van der Waals surface area contributed by atoms with E-state index in [9.17, 15) is 4.79 Å². The van der Waals surface area contributed by atoms with Crippen LogP contribution in [0.5, 0.6) is 0 Å². The molecule has 1 amide bonds. The first kappa shape index (κ1) is 14.2. The molecule has 1 aromatic heterocycles. The van der Waals surface area contributed by atoms with Crippen molar-refractivity contribution in [3.8, 4) is 0 Å². The molecular formula is C13H22N2OS. The molecule has 0 unspecified atom stereocenters. The Morgan fingerprint density at radius 3 is 2.76 bits per heavy atom. The van der Waals surface area contributed by atoms with Gasteiger partial charge in [0.1, 0.15) is 0 Å². The Labute approximate surface area is 108 Å². The van der Waals surface area contributed by atoms with Crippen molar-refractivity contribution in [2.24, 2.45) is 0 Å². The minimum absolute atomic E-state index is 0.140. The largest absolute Gasteiger partial charge is 0.352 e. The zero-order valence-corrected chi connectivity index (χ0v) is 11.7. The van der Waals surface area contributed by atoms with Gasteiger partial charge in [-0.25, -0.2) is 0 Å². The van der Waals surface area contributed by atoms with Gasteiger partial charge >= 0.3 is 0 Å². The SMILES string of the molecule is Cc1cscc1CNC(=O)CCCNC(C)C. The Kier molecular flexibility index (Phi) is 6.22. The van der Waals surface area contributed by atoms with Gasteiger partial charge in [0.2, 0.25) is 5.91 Å². The van der Waals surface area contributed by atoms with Crippen LogP contribution in [-0.2, 0) is 11.3 Å². The molecule has 0 aliphatic rings. The van der Waals surface area contributed by atoms with E-state index in [1.54, 1.807) is 11.3 Å². The molecule has 4 heteroatoms. The highest BCUT2D eigenvalue weighted by Crippen LogP contribution is 2.12. The van der Waals surface area contributed by atoms with Crippen molar-refractivity contribution in [2.75, 3.05) is 6.54 Å². The van der Waals surface area contributed by atoms with Gasteiger partial charge in [-0.1, -0.05) is 13.8 Å². The summed E-state index contributed by atoms with van der Waals surface area (Å²) < 4.78 is 0. The third-order valence-electron chi connectivity index (χ3n) is 2.57. The summed E-state index contributed by atoms with van der Waals surface area (Å²) in [5, 5.41) is 10.5. The third kappa shape index (κ3) is 5.84. The van der Waals surface area contributed by atoms with Crippen LogP contribution in [0.15, 0.2) is 10.8 Å². The number of thiophene rings is 1. The number of nitrogens with one attached hydrogen (secondary N) is 2. The maximum absolute atomic E-state index is 11.6. The fourth-order valence-electron chi connectivity index (χ4n) is 1.49. The average Bonchev–Trinajstić information content (AvgIpc) is 2.67. The summed E-state index contributed by atoms with van der Waals surface area (Å²) in [6.07, 6.45) is 1.50. The van der Waals surface area contributed by atoms with Crippen LogP contribution in [0.3, 0.4) is 0 Å². The van der Waals surface area contributed by atoms with E-state index in [1.165, 1.54) is 11.1 Å². The number of hydrogen-bond acceptors (Lipinski definition) is 3. The summed E-state index contributed by atoms with van der Waals surface area (Å²) in [4.78, 5) is 11.6. The number of aryl methyl sites for hydroxylation is 1. The lowest BCUT2D eigenvalue weighted by Gasteiger charge is -2.08. The van der Waals surface area contributed by atoms with Crippen molar-refractivity contribution < 1.29 is 4.79 Å². The van der Waals surface area contributed by atoms with E-state index in [1.807, 2.05) is 0 Å². The van der Waals surface area contributed by atoms with E-state index in [0.29, 0.717) is 19.0 Å². The Hall–Kier alpha value is -0.870. The van der Waals surface area contributed by atoms with Crippen LogP contribution in [0.4, 0.5) is 0 Å². The predicted octanol–water partition coefficient (Wildman–Crippen LogP) is 2.45. The van der Waals surface area contributed by atoms with Crippen molar-refractivity contribution in [3.63, 3.8) is 0 Å². The molecule has 17 heavy (non-hydrogen) atoms. The molecule has 3 nitrogen and oxygen atoms in total. The van der Waals surface area contributed by atoms with Crippen molar-refractivity contribution in [1.29, 1.82) is 0 Å². The van der Waals surface area contributed by atoms with Gasteiger partial charge in [-0.3, -0.25) is 4.79 Å². The number of carbonyl (C=O) groups excluding carboxylic acids is 1. The first-order chi connectivity index (χ1) is 8.09. The number of amides is 1. The number of rotatable bonds is 7. The summed E-state index contributed by atoms with van der Waals surface area (Å²) in [5.74, 6) is 0.140. The van der Waals surface area contributed by atoms with Gasteiger partial charge in [-0.2, -0.15) is 11.3 Å². The van der Waals surface area contributed by atoms with Crippen LogP contribution >= 0.6 is 11.3 Å². The smallest absolute Gasteiger partial charge is 0.220 e. The lowest BCUT2D eigenvalue weighted by Crippen LogP contribution is -2.27. The molecule has 1 rings (SSSR count). The summed E-state index contributed by atoms with van der Waals surface area (Å²) in [5.41, 5.74) is 2.49. The standard InChI is InChI=1S/C13H22N2OS/c1-10(2)14-6-4-5-13(16)15-7-12-9-17-8-11(12)3/h8-10,14H,4-7H2,1-3H3,(H,15,16). The van der Waals surface area contributed by atoms with Crippen LogP contribution in [0.1, 0.15) is 37.8 Å². The first-order valence-electron chi connectivity index (χ1n) is 6.11. The molecule has 1 aromatic rings. The van der Waals surface area contributed by atoms with Crippen LogP contribution in [-0.4, -0.2) is 18.5 Å². The molecule has 0 aliphatic carbocycles. The fraction of sp³-hybridized carbons (Fsp3) is 0.615. The van der Waals surface area contributed by atoms with E-state index in [4.69, 9.17) is 0 Å². The fourth-order valence-corrected chi connectivity index (χ4v) is 2.35. The van der Waals surface area contributed by atoms with Gasteiger partial charge in [0.25, 0.3) is 0 Å². The molecule has 2 N–H and O–H groups in total. The lowest BCUT2D eigenvalue weighted by atomic mass is 10.2. The Bertz CT molecular complexity index is 347. The van der Waals surface area contributed by atoms with E-state index in [0.717, 1.165) is 13.0 Å². The minimum atomic E-state index is 0.140. The highest BCUT2D eigenvalue weighted by Gasteiger charge is 2.03. The molecule has 0 atom stereocenters. The van der Waals surface area contributed by atoms with Crippen molar-refractivity contribution in [1.82, 2.24) is 10.6 Å². The van der Waals surface area contributed by atoms with Crippen molar-refractivity contribution >= 4 is 17.2 Å². The molecule has 0 fully saturated rings. The van der Waals surface area contributed by atoms with Crippen molar-refractivity contribution in [3.05, 3.63) is 21.9 Å². The number of carbonyl (C=O) groups is 1. The normalized spacial score (nSPS) is 10.8. The average molecular weight is 254 g/mol. The lowest BCUT2D eigenvalue weighted by molar-refractivity contribution is -0.121. The Morgan fingerprint density at radius 2 is 2.18 bits per heavy atom. The molecule has 0 aliphatic heterocycles. The second-order valence-corrected chi connectivity index (χ2v) is 5.31. The van der Waals surface area contributed by atoms with Gasteiger partial charge in [0.15, 0.2) is 0 Å². The molecule has 1 heterocycles. The quantitative estimate of drug-likeness (QED) is 0.734. The zero-order valence-electron chi connectivity index (χ0n) is 10.9. The molecule has 0 aromatic carbocycles. The molecule has 0 saturated carbocycles. The topological polar surface area (TPSA) is 41.1 Å². The van der Waals surface area contributed by atoms with Crippen LogP contribution < -0.4 is 10.6 Å². The van der Waals surface area contributed by atoms with Crippen LogP contribution in [0.2, 0.25) is 0 Å². The predicted molar refractivity (Wildman–Crippen MR) is 73.3 cm³/mol. The highest BCUT2D eigenvalue weighted by atomic mass is 32.1. The number of hydrogen-bond donors (Lipinski definition) is 2. The van der Waals surface area contributed by atoms with Crippen LogP contribution in [0, 0.1) is 6.92 Å². The Balaban J connectivity index is 2.11. The zero-order chi connectivity index (χ0) is 12.7. The van der Waals surface area contributed by atoms with E-state index < -0.39 is 0 Å². The van der Waals surface area contributed by atoms with Gasteiger partial charge in [-0.15, -0.1) is 0 Å². The van der Waals surface area contributed by atoms with E-state index in [-0.39, 0.29) is 5.91 Å². The van der Waals surface area contributed by atoms with Gasteiger partial charge < -0.3 is 10.6 Å². The first-order valence-corrected chi connectivity index (χ1v) is 7.05. The van der Waals surface area contributed by atoms with Crippen LogP contribution in [0.25, 0.3) is 0 Å². The Morgan fingerprint density at radius 1 is 1.41 bits per heavy atom. The molecule has 0 spiro atoms. The monoisotopic (exact) mass is 254 g/mol. The second kappa shape index (κ2) is 7.45. The van der Waals surface area contributed by atoms with Gasteiger partial charge in [0, 0.05) is 19.0 Å². The molecule has 0 saturated heterocycles. The van der Waals surface area contributed by atoms with E-state index in [2.05, 4.69) is 42.2 Å². The maximum atomic E-state index is 11.6. The molecule has 0 radical (unpaired) electrons. The van der Waals surface area contributed by atoms with Gasteiger partial charge in [-0.05, 0) is 41.8 Å². The maximum Gasteiger partial charge on any atom is 0.220 e. The van der Waals surface area contributed by atoms with Crippen molar-refractivity contribution in [2.45, 2.75) is 46.2 Å². The second-order valence-electron chi connectivity index (χ2n) is 4.57. The minimum Gasteiger partial charge on any atom is -0.352 e.